The molecule has 1 unspecified atom stereocenters. The van der Waals surface area contributed by atoms with Gasteiger partial charge in [-0.1, -0.05) is 6.92 Å². The van der Waals surface area contributed by atoms with E-state index in [9.17, 15) is 4.79 Å². The molecule has 0 radical (unpaired) electrons. The van der Waals surface area contributed by atoms with Crippen LogP contribution in [0.4, 0.5) is 0 Å². The number of ether oxygens (including phenoxy) is 2. The lowest BCUT2D eigenvalue weighted by atomic mass is 9.71. The van der Waals surface area contributed by atoms with Crippen molar-refractivity contribution in [3.8, 4) is 0 Å². The summed E-state index contributed by atoms with van der Waals surface area (Å²) in [5.41, 5.74) is 5.43. The summed E-state index contributed by atoms with van der Waals surface area (Å²) in [6.45, 7) is 3.84. The number of esters is 1. The molecular weight excluding hydrogens is 242 g/mol. The van der Waals surface area contributed by atoms with Crippen molar-refractivity contribution in [2.75, 3.05) is 19.8 Å². The van der Waals surface area contributed by atoms with Crippen LogP contribution in [0.5, 0.6) is 0 Å². The van der Waals surface area contributed by atoms with Gasteiger partial charge >= 0.3 is 5.97 Å². The van der Waals surface area contributed by atoms with Crippen LogP contribution in [-0.2, 0) is 14.3 Å². The fourth-order valence-electron chi connectivity index (χ4n) is 3.07. The molecular formula is C15H27NO3. The predicted octanol–water partition coefficient (Wildman–Crippen LogP) is 2.25. The van der Waals surface area contributed by atoms with Crippen LogP contribution in [0.3, 0.4) is 0 Å². The maximum absolute atomic E-state index is 12.3. The van der Waals surface area contributed by atoms with Crippen LogP contribution < -0.4 is 5.73 Å². The van der Waals surface area contributed by atoms with Gasteiger partial charge in [0.1, 0.15) is 6.61 Å². The van der Waals surface area contributed by atoms with Gasteiger partial charge in [0.05, 0.1) is 11.5 Å². The van der Waals surface area contributed by atoms with Crippen molar-refractivity contribution in [3.63, 3.8) is 0 Å². The summed E-state index contributed by atoms with van der Waals surface area (Å²) in [5.74, 6) is 0.602. The molecule has 2 fully saturated rings. The largest absolute Gasteiger partial charge is 0.462 e. The highest BCUT2D eigenvalue weighted by Crippen LogP contribution is 2.39. The van der Waals surface area contributed by atoms with E-state index in [1.54, 1.807) is 0 Å². The molecule has 2 N–H and O–H groups in total. The lowest BCUT2D eigenvalue weighted by Crippen LogP contribution is -2.43. The first-order chi connectivity index (χ1) is 9.16. The van der Waals surface area contributed by atoms with Gasteiger partial charge in [0, 0.05) is 13.2 Å². The van der Waals surface area contributed by atoms with Gasteiger partial charge in [0.2, 0.25) is 0 Å². The Morgan fingerprint density at radius 2 is 2.05 bits per heavy atom. The second-order valence-electron chi connectivity index (χ2n) is 6.25. The maximum atomic E-state index is 12.3. The molecule has 19 heavy (non-hydrogen) atoms. The Morgan fingerprint density at radius 3 is 2.63 bits per heavy atom. The van der Waals surface area contributed by atoms with E-state index >= 15 is 0 Å². The average molecular weight is 269 g/mol. The number of nitrogens with two attached hydrogens (primary N) is 1. The Kier molecular flexibility index (Phi) is 5.22. The first-order valence-corrected chi connectivity index (χ1v) is 7.65. The first kappa shape index (κ1) is 14.8. The van der Waals surface area contributed by atoms with Crippen molar-refractivity contribution in [2.45, 2.75) is 58.0 Å². The van der Waals surface area contributed by atoms with Crippen LogP contribution in [-0.4, -0.2) is 31.8 Å². The third-order valence-electron chi connectivity index (χ3n) is 4.73. The van der Waals surface area contributed by atoms with E-state index in [-0.39, 0.29) is 12.1 Å². The number of hydrogen-bond donors (Lipinski definition) is 1. The van der Waals surface area contributed by atoms with Gasteiger partial charge < -0.3 is 15.2 Å². The summed E-state index contributed by atoms with van der Waals surface area (Å²) < 4.78 is 11.1. The highest BCUT2D eigenvalue weighted by atomic mass is 16.6. The van der Waals surface area contributed by atoms with Crippen LogP contribution in [0.2, 0.25) is 0 Å². The van der Waals surface area contributed by atoms with Crippen molar-refractivity contribution in [1.82, 2.24) is 0 Å². The third-order valence-corrected chi connectivity index (χ3v) is 4.73. The summed E-state index contributed by atoms with van der Waals surface area (Å²) >= 11 is 0. The smallest absolute Gasteiger partial charge is 0.313 e. The van der Waals surface area contributed by atoms with Crippen molar-refractivity contribution in [1.29, 1.82) is 0 Å². The van der Waals surface area contributed by atoms with Crippen molar-refractivity contribution in [2.24, 2.45) is 17.1 Å². The molecule has 2 aliphatic rings. The van der Waals surface area contributed by atoms with E-state index in [4.69, 9.17) is 15.2 Å². The lowest BCUT2D eigenvalue weighted by molar-refractivity contribution is -0.163. The summed E-state index contributed by atoms with van der Waals surface area (Å²) in [6.07, 6.45) is 7.27. The van der Waals surface area contributed by atoms with Crippen LogP contribution in [0.1, 0.15) is 51.9 Å². The van der Waals surface area contributed by atoms with Crippen LogP contribution in [0, 0.1) is 11.3 Å². The van der Waals surface area contributed by atoms with Crippen LogP contribution in [0.25, 0.3) is 0 Å². The fourth-order valence-corrected chi connectivity index (χ4v) is 3.07. The molecule has 1 aliphatic heterocycles. The Bertz CT molecular complexity index is 292. The van der Waals surface area contributed by atoms with E-state index in [1.165, 1.54) is 6.42 Å². The average Bonchev–Trinajstić information content (AvgIpc) is 2.47. The Balaban J connectivity index is 1.82. The zero-order valence-electron chi connectivity index (χ0n) is 12.0. The fraction of sp³-hybridized carbons (Fsp3) is 0.933. The highest BCUT2D eigenvalue weighted by Gasteiger charge is 2.41. The number of carbonyl (C=O) groups excluding carboxylic acids is 1. The van der Waals surface area contributed by atoms with Crippen molar-refractivity contribution < 1.29 is 14.3 Å². The second-order valence-corrected chi connectivity index (χ2v) is 6.25. The normalized spacial score (nSPS) is 35.9. The van der Waals surface area contributed by atoms with Gasteiger partial charge in [0.25, 0.3) is 0 Å². The predicted molar refractivity (Wildman–Crippen MR) is 73.7 cm³/mol. The maximum Gasteiger partial charge on any atom is 0.313 e. The van der Waals surface area contributed by atoms with Gasteiger partial charge in [0.15, 0.2) is 0 Å². The van der Waals surface area contributed by atoms with Gasteiger partial charge in [-0.25, -0.2) is 0 Å². The van der Waals surface area contributed by atoms with Gasteiger partial charge in [-0.3, -0.25) is 4.79 Å². The van der Waals surface area contributed by atoms with Crippen molar-refractivity contribution in [3.05, 3.63) is 0 Å². The molecule has 1 atom stereocenters. The van der Waals surface area contributed by atoms with E-state index in [2.05, 4.69) is 6.92 Å². The van der Waals surface area contributed by atoms with Crippen LogP contribution in [0.15, 0.2) is 0 Å². The molecule has 0 aromatic heterocycles. The molecule has 1 saturated carbocycles. The zero-order valence-corrected chi connectivity index (χ0v) is 12.0. The van der Waals surface area contributed by atoms with Gasteiger partial charge in [-0.2, -0.15) is 0 Å². The molecule has 4 heteroatoms. The molecule has 0 bridgehead atoms. The molecule has 2 rings (SSSR count). The van der Waals surface area contributed by atoms with E-state index in [1.807, 2.05) is 0 Å². The number of hydrogen-bond acceptors (Lipinski definition) is 4. The lowest BCUT2D eigenvalue weighted by Gasteiger charge is -2.36. The molecule has 1 heterocycles. The Labute approximate surface area is 116 Å². The highest BCUT2D eigenvalue weighted by molar-refractivity contribution is 5.77. The minimum absolute atomic E-state index is 0.0926. The van der Waals surface area contributed by atoms with Gasteiger partial charge in [-0.15, -0.1) is 0 Å². The first-order valence-electron chi connectivity index (χ1n) is 7.65. The second kappa shape index (κ2) is 6.71. The van der Waals surface area contributed by atoms with Crippen LogP contribution >= 0.6 is 0 Å². The van der Waals surface area contributed by atoms with E-state index < -0.39 is 5.41 Å². The summed E-state index contributed by atoms with van der Waals surface area (Å²) in [5, 5.41) is 0. The molecule has 0 aromatic rings. The minimum Gasteiger partial charge on any atom is -0.462 e. The Morgan fingerprint density at radius 1 is 1.32 bits per heavy atom. The minimum atomic E-state index is -0.429. The molecule has 1 saturated heterocycles. The molecule has 0 aromatic carbocycles. The number of rotatable bonds is 4. The zero-order chi connectivity index (χ0) is 13.7. The molecule has 110 valence electrons. The van der Waals surface area contributed by atoms with Gasteiger partial charge in [-0.05, 0) is 50.9 Å². The van der Waals surface area contributed by atoms with Crippen molar-refractivity contribution >= 4 is 5.97 Å². The summed E-state index contributed by atoms with van der Waals surface area (Å²) in [7, 11) is 0. The third kappa shape index (κ3) is 3.69. The molecule has 0 spiro atoms. The molecule has 1 aliphatic carbocycles. The standard InChI is InChI=1S/C15H27NO3/c1-12-5-7-15(11-16,8-6-12)14(17)19-10-13-4-2-3-9-18-13/h12-13H,2-11,16H2,1H3. The van der Waals surface area contributed by atoms with E-state index in [0.717, 1.165) is 45.1 Å². The molecule has 4 nitrogen and oxygen atoms in total. The number of carbonyl (C=O) groups is 1. The SMILES string of the molecule is CC1CCC(CN)(C(=O)OCC2CCCCO2)CC1. The van der Waals surface area contributed by atoms with E-state index in [0.29, 0.717) is 19.1 Å². The quantitative estimate of drug-likeness (QED) is 0.795. The molecule has 0 amide bonds. The summed E-state index contributed by atoms with van der Waals surface area (Å²) in [4.78, 5) is 12.3. The monoisotopic (exact) mass is 269 g/mol. The summed E-state index contributed by atoms with van der Waals surface area (Å²) in [6, 6.07) is 0. The topological polar surface area (TPSA) is 61.6 Å². The Hall–Kier alpha value is -0.610.